The number of benzene rings is 2. The van der Waals surface area contributed by atoms with E-state index in [0.717, 1.165) is 28.3 Å². The molecule has 0 saturated heterocycles. The van der Waals surface area contributed by atoms with Crippen molar-refractivity contribution in [3.8, 4) is 11.4 Å². The Balaban J connectivity index is 1.77. The van der Waals surface area contributed by atoms with Gasteiger partial charge >= 0.3 is 0 Å². The number of aryl methyl sites for hydroxylation is 1. The van der Waals surface area contributed by atoms with Crippen molar-refractivity contribution < 1.29 is 9.53 Å². The first-order chi connectivity index (χ1) is 13.9. The Hall–Kier alpha value is -2.44. The highest BCUT2D eigenvalue weighted by Gasteiger charge is 2.30. The SMILES string of the molecule is Cc1nn(-c2ccc(Cl)cc2)c2c1C(c1ccc(OC(C)C)cc1)SCC(=O)N2. The van der Waals surface area contributed by atoms with Crippen molar-refractivity contribution in [2.75, 3.05) is 11.1 Å². The van der Waals surface area contributed by atoms with E-state index in [2.05, 4.69) is 17.4 Å². The van der Waals surface area contributed by atoms with Gasteiger partial charge in [0.05, 0.1) is 28.5 Å². The number of rotatable bonds is 4. The average Bonchev–Trinajstić information content (AvgIpc) is 2.89. The summed E-state index contributed by atoms with van der Waals surface area (Å²) in [6, 6.07) is 15.5. The van der Waals surface area contributed by atoms with Crippen LogP contribution in [0.4, 0.5) is 5.82 Å². The fourth-order valence-corrected chi connectivity index (χ4v) is 4.72. The summed E-state index contributed by atoms with van der Waals surface area (Å²) in [5.41, 5.74) is 3.87. The van der Waals surface area contributed by atoms with Gasteiger partial charge in [-0.25, -0.2) is 4.68 Å². The number of nitrogens with zero attached hydrogens (tertiary/aromatic N) is 2. The van der Waals surface area contributed by atoms with Crippen molar-refractivity contribution >= 4 is 35.1 Å². The lowest BCUT2D eigenvalue weighted by Crippen LogP contribution is -2.15. The molecule has 1 aliphatic heterocycles. The van der Waals surface area contributed by atoms with E-state index in [0.29, 0.717) is 16.6 Å². The van der Waals surface area contributed by atoms with Gasteiger partial charge in [0.1, 0.15) is 11.6 Å². The second kappa shape index (κ2) is 8.13. The molecule has 1 unspecified atom stereocenters. The Morgan fingerprint density at radius 3 is 2.52 bits per heavy atom. The lowest BCUT2D eigenvalue weighted by atomic mass is 10.0. The largest absolute Gasteiger partial charge is 0.491 e. The van der Waals surface area contributed by atoms with Gasteiger partial charge in [-0.15, -0.1) is 11.8 Å². The Morgan fingerprint density at radius 1 is 1.17 bits per heavy atom. The van der Waals surface area contributed by atoms with Gasteiger partial charge in [-0.3, -0.25) is 4.79 Å². The van der Waals surface area contributed by atoms with E-state index in [-0.39, 0.29) is 17.3 Å². The zero-order valence-electron chi connectivity index (χ0n) is 16.5. The Bertz CT molecular complexity index is 1030. The van der Waals surface area contributed by atoms with Crippen LogP contribution >= 0.6 is 23.4 Å². The van der Waals surface area contributed by atoms with E-state index in [9.17, 15) is 4.79 Å². The second-order valence-electron chi connectivity index (χ2n) is 7.21. The van der Waals surface area contributed by atoms with Crippen LogP contribution in [0.25, 0.3) is 5.69 Å². The van der Waals surface area contributed by atoms with Gasteiger partial charge in [0.2, 0.25) is 5.91 Å². The number of hydrogen-bond donors (Lipinski definition) is 1. The molecule has 1 amide bonds. The van der Waals surface area contributed by atoms with Crippen LogP contribution in [0.15, 0.2) is 48.5 Å². The molecule has 0 saturated carbocycles. The predicted molar refractivity (Wildman–Crippen MR) is 118 cm³/mol. The van der Waals surface area contributed by atoms with Gasteiger partial charge in [-0.1, -0.05) is 23.7 Å². The van der Waals surface area contributed by atoms with Crippen LogP contribution in [0.2, 0.25) is 5.02 Å². The molecule has 0 radical (unpaired) electrons. The normalized spacial score (nSPS) is 16.3. The summed E-state index contributed by atoms with van der Waals surface area (Å²) in [5.74, 6) is 1.90. The summed E-state index contributed by atoms with van der Waals surface area (Å²) < 4.78 is 7.55. The van der Waals surface area contributed by atoms with Crippen molar-refractivity contribution in [2.45, 2.75) is 32.1 Å². The first-order valence-electron chi connectivity index (χ1n) is 9.46. The molecule has 1 atom stereocenters. The summed E-state index contributed by atoms with van der Waals surface area (Å²) in [6.07, 6.45) is 0.126. The van der Waals surface area contributed by atoms with Gasteiger partial charge in [-0.05, 0) is 62.7 Å². The van der Waals surface area contributed by atoms with Crippen LogP contribution in [0, 0.1) is 6.92 Å². The molecule has 1 aliphatic rings. The number of aromatic nitrogens is 2. The zero-order valence-corrected chi connectivity index (χ0v) is 18.1. The van der Waals surface area contributed by atoms with Crippen molar-refractivity contribution in [3.05, 3.63) is 70.4 Å². The van der Waals surface area contributed by atoms with E-state index in [1.165, 1.54) is 0 Å². The van der Waals surface area contributed by atoms with Gasteiger partial charge in [0, 0.05) is 10.6 Å². The highest BCUT2D eigenvalue weighted by atomic mass is 35.5. The van der Waals surface area contributed by atoms with Crippen LogP contribution in [0.5, 0.6) is 5.75 Å². The average molecular weight is 428 g/mol. The highest BCUT2D eigenvalue weighted by Crippen LogP contribution is 2.44. The van der Waals surface area contributed by atoms with Crippen LogP contribution < -0.4 is 10.1 Å². The van der Waals surface area contributed by atoms with Crippen LogP contribution in [-0.4, -0.2) is 27.5 Å². The molecule has 0 fully saturated rings. The van der Waals surface area contributed by atoms with Crippen LogP contribution in [-0.2, 0) is 4.79 Å². The maximum absolute atomic E-state index is 12.4. The van der Waals surface area contributed by atoms with E-state index in [1.807, 2.05) is 57.2 Å². The second-order valence-corrected chi connectivity index (χ2v) is 8.74. The maximum atomic E-state index is 12.4. The molecule has 0 bridgehead atoms. The smallest absolute Gasteiger partial charge is 0.235 e. The number of carbonyl (C=O) groups is 1. The minimum absolute atomic E-state index is 0.00176. The van der Waals surface area contributed by atoms with Crippen molar-refractivity contribution in [2.24, 2.45) is 0 Å². The molecule has 0 spiro atoms. The number of amides is 1. The summed E-state index contributed by atoms with van der Waals surface area (Å²) in [4.78, 5) is 12.4. The molecule has 0 aliphatic carbocycles. The van der Waals surface area contributed by atoms with E-state index in [4.69, 9.17) is 21.4 Å². The van der Waals surface area contributed by atoms with Crippen LogP contribution in [0.3, 0.4) is 0 Å². The zero-order chi connectivity index (χ0) is 20.5. The molecule has 2 heterocycles. The number of thioether (sulfide) groups is 1. The number of nitrogens with one attached hydrogen (secondary N) is 1. The molecule has 1 aromatic heterocycles. The molecular formula is C22H22ClN3O2S. The van der Waals surface area contributed by atoms with E-state index < -0.39 is 0 Å². The van der Waals surface area contributed by atoms with Gasteiger partial charge in [-0.2, -0.15) is 5.10 Å². The molecule has 2 aromatic carbocycles. The highest BCUT2D eigenvalue weighted by molar-refractivity contribution is 8.00. The number of halogens is 1. The maximum Gasteiger partial charge on any atom is 0.235 e. The number of ether oxygens (including phenoxy) is 1. The Morgan fingerprint density at radius 2 is 1.86 bits per heavy atom. The third-order valence-electron chi connectivity index (χ3n) is 4.63. The third kappa shape index (κ3) is 4.14. The molecule has 4 rings (SSSR count). The number of anilines is 1. The first-order valence-corrected chi connectivity index (χ1v) is 10.9. The van der Waals surface area contributed by atoms with E-state index >= 15 is 0 Å². The van der Waals surface area contributed by atoms with Crippen molar-refractivity contribution in [1.29, 1.82) is 0 Å². The fourth-order valence-electron chi connectivity index (χ4n) is 3.41. The summed E-state index contributed by atoms with van der Waals surface area (Å²) in [6.45, 7) is 5.99. The Labute approximate surface area is 179 Å². The molecular weight excluding hydrogens is 406 g/mol. The number of fused-ring (bicyclic) bond motifs is 1. The standard InChI is InChI=1S/C22H22ClN3O2S/c1-13(2)28-18-10-4-15(5-11-18)21-20-14(3)25-26(17-8-6-16(23)7-9-17)22(20)24-19(27)12-29-21/h4-11,13,21H,12H2,1-3H3,(H,24,27). The van der Waals surface area contributed by atoms with Gasteiger partial charge in [0.15, 0.2) is 0 Å². The first kappa shape index (κ1) is 19.9. The molecule has 7 heteroatoms. The quantitative estimate of drug-likeness (QED) is 0.606. The minimum atomic E-state index is -0.0337. The molecule has 5 nitrogen and oxygen atoms in total. The van der Waals surface area contributed by atoms with Crippen LogP contribution in [0.1, 0.15) is 35.9 Å². The van der Waals surface area contributed by atoms with Crippen molar-refractivity contribution in [1.82, 2.24) is 9.78 Å². The molecule has 1 N–H and O–H groups in total. The minimum Gasteiger partial charge on any atom is -0.491 e. The predicted octanol–water partition coefficient (Wildman–Crippen LogP) is 5.40. The van der Waals surface area contributed by atoms with E-state index in [1.54, 1.807) is 16.4 Å². The molecule has 3 aromatic rings. The lowest BCUT2D eigenvalue weighted by molar-refractivity contribution is -0.113. The number of carbonyl (C=O) groups excluding carboxylic acids is 1. The Kier molecular flexibility index (Phi) is 5.56. The van der Waals surface area contributed by atoms with Gasteiger partial charge < -0.3 is 10.1 Å². The summed E-state index contributed by atoms with van der Waals surface area (Å²) >= 11 is 7.64. The summed E-state index contributed by atoms with van der Waals surface area (Å²) in [7, 11) is 0. The molecule has 29 heavy (non-hydrogen) atoms. The lowest BCUT2D eigenvalue weighted by Gasteiger charge is -2.16. The monoisotopic (exact) mass is 427 g/mol. The van der Waals surface area contributed by atoms with Gasteiger partial charge in [0.25, 0.3) is 0 Å². The third-order valence-corrected chi connectivity index (χ3v) is 6.16. The topological polar surface area (TPSA) is 56.2 Å². The molecule has 150 valence electrons. The van der Waals surface area contributed by atoms with Crippen molar-refractivity contribution in [3.63, 3.8) is 0 Å². The fraction of sp³-hybridized carbons (Fsp3) is 0.273. The number of hydrogen-bond acceptors (Lipinski definition) is 4. The summed E-state index contributed by atoms with van der Waals surface area (Å²) in [5, 5.41) is 8.42.